The van der Waals surface area contributed by atoms with Crippen LogP contribution in [0.15, 0.2) is 0 Å². The maximum atomic E-state index is 11.0. The van der Waals surface area contributed by atoms with Crippen molar-refractivity contribution in [2.75, 3.05) is 0 Å². The van der Waals surface area contributed by atoms with Crippen molar-refractivity contribution in [3.8, 4) is 0 Å². The minimum Gasteiger partial charge on any atom is -0.389 e. The van der Waals surface area contributed by atoms with Gasteiger partial charge in [-0.3, -0.25) is 10.1 Å². The minimum atomic E-state index is -1.01. The van der Waals surface area contributed by atoms with Gasteiger partial charge in [0.2, 0.25) is 5.15 Å². The Morgan fingerprint density at radius 3 is 2.65 bits per heavy atom. The summed E-state index contributed by atoms with van der Waals surface area (Å²) in [5.41, 5.74) is -0.674. The van der Waals surface area contributed by atoms with Gasteiger partial charge in [0.25, 0.3) is 0 Å². The highest BCUT2D eigenvalue weighted by Gasteiger charge is 2.38. The molecule has 6 nitrogen and oxygen atoms in total. The van der Waals surface area contributed by atoms with Gasteiger partial charge in [-0.25, -0.2) is 4.68 Å². The lowest BCUT2D eigenvalue weighted by molar-refractivity contribution is -0.385. The largest absolute Gasteiger partial charge is 0.389 e. The number of hydrogen-bond acceptors (Lipinski definition) is 4. The fourth-order valence-electron chi connectivity index (χ4n) is 1.72. The van der Waals surface area contributed by atoms with E-state index in [1.807, 2.05) is 0 Å². The number of rotatable bonds is 4. The zero-order valence-corrected chi connectivity index (χ0v) is 10.4. The number of aliphatic hydroxyl groups is 1. The molecule has 1 aliphatic carbocycles. The average Bonchev–Trinajstić information content (AvgIpc) is 2.91. The average molecular weight is 260 g/mol. The molecule has 1 fully saturated rings. The molecule has 0 saturated heterocycles. The molecule has 1 heterocycles. The third-order valence-corrected chi connectivity index (χ3v) is 2.95. The van der Waals surface area contributed by atoms with Crippen LogP contribution < -0.4 is 0 Å². The van der Waals surface area contributed by atoms with Crippen LogP contribution >= 0.6 is 11.6 Å². The van der Waals surface area contributed by atoms with Crippen molar-refractivity contribution >= 4 is 17.3 Å². The lowest BCUT2D eigenvalue weighted by Gasteiger charge is -2.16. The van der Waals surface area contributed by atoms with Crippen molar-refractivity contribution < 1.29 is 10.0 Å². The lowest BCUT2D eigenvalue weighted by Crippen LogP contribution is -2.26. The minimum absolute atomic E-state index is 0.000903. The second kappa shape index (κ2) is 3.96. The first kappa shape index (κ1) is 12.3. The Morgan fingerprint density at radius 1 is 1.65 bits per heavy atom. The van der Waals surface area contributed by atoms with Crippen LogP contribution in [0.1, 0.15) is 38.3 Å². The third-order valence-electron chi connectivity index (χ3n) is 2.58. The molecule has 0 spiro atoms. The van der Waals surface area contributed by atoms with Crippen molar-refractivity contribution in [2.45, 2.75) is 44.8 Å². The van der Waals surface area contributed by atoms with E-state index in [4.69, 9.17) is 11.6 Å². The standard InChI is InChI=1S/C10H14ClN3O3/c1-10(2,15)5-13-9(11)8(14(16)17)7(12-13)6-3-4-6/h6,15H,3-5H2,1-2H3. The van der Waals surface area contributed by atoms with E-state index in [2.05, 4.69) is 5.10 Å². The molecule has 1 saturated carbocycles. The van der Waals surface area contributed by atoms with Crippen LogP contribution in [0.5, 0.6) is 0 Å². The molecule has 17 heavy (non-hydrogen) atoms. The monoisotopic (exact) mass is 259 g/mol. The Bertz CT molecular complexity index is 460. The first-order valence-electron chi connectivity index (χ1n) is 5.42. The van der Waals surface area contributed by atoms with Crippen LogP contribution in [0.2, 0.25) is 5.15 Å². The Kier molecular flexibility index (Phi) is 2.87. The normalized spacial score (nSPS) is 16.2. The number of nitro groups is 1. The maximum Gasteiger partial charge on any atom is 0.329 e. The summed E-state index contributed by atoms with van der Waals surface area (Å²) in [7, 11) is 0. The van der Waals surface area contributed by atoms with E-state index in [0.717, 1.165) is 12.8 Å². The molecule has 1 N–H and O–H groups in total. The lowest BCUT2D eigenvalue weighted by atomic mass is 10.1. The molecule has 1 aromatic rings. The highest BCUT2D eigenvalue weighted by atomic mass is 35.5. The van der Waals surface area contributed by atoms with Crippen LogP contribution in [0.3, 0.4) is 0 Å². The van der Waals surface area contributed by atoms with Crippen LogP contribution in [0, 0.1) is 10.1 Å². The van der Waals surface area contributed by atoms with Gasteiger partial charge in [0.15, 0.2) is 0 Å². The summed E-state index contributed by atoms with van der Waals surface area (Å²) in [6.45, 7) is 3.35. The maximum absolute atomic E-state index is 11.0. The summed E-state index contributed by atoms with van der Waals surface area (Å²) in [4.78, 5) is 10.5. The molecule has 1 aliphatic rings. The van der Waals surface area contributed by atoms with Gasteiger partial charge in [0, 0.05) is 5.92 Å². The second-order valence-corrected chi connectivity index (χ2v) is 5.38. The predicted molar refractivity (Wildman–Crippen MR) is 62.2 cm³/mol. The molecular weight excluding hydrogens is 246 g/mol. The molecule has 1 aromatic heterocycles. The SMILES string of the molecule is CC(C)(O)Cn1nc(C2CC2)c([N+](=O)[O-])c1Cl. The molecule has 2 rings (SSSR count). The number of halogens is 1. The Labute approximate surface area is 103 Å². The zero-order valence-electron chi connectivity index (χ0n) is 9.68. The fourth-order valence-corrected chi connectivity index (χ4v) is 1.98. The molecule has 0 bridgehead atoms. The third kappa shape index (κ3) is 2.58. The Balaban J connectivity index is 2.41. The molecule has 0 unspecified atom stereocenters. The first-order valence-corrected chi connectivity index (χ1v) is 5.80. The molecule has 0 radical (unpaired) electrons. The van der Waals surface area contributed by atoms with E-state index in [0.29, 0.717) is 5.69 Å². The summed E-state index contributed by atoms with van der Waals surface area (Å²) in [6.07, 6.45) is 1.83. The summed E-state index contributed by atoms with van der Waals surface area (Å²) in [5.74, 6) is 0.149. The molecule has 7 heteroatoms. The summed E-state index contributed by atoms with van der Waals surface area (Å²) >= 11 is 5.95. The van der Waals surface area contributed by atoms with Gasteiger partial charge in [0.05, 0.1) is 17.1 Å². The molecule has 0 amide bonds. The van der Waals surface area contributed by atoms with Gasteiger partial charge in [-0.15, -0.1) is 0 Å². The Morgan fingerprint density at radius 2 is 2.24 bits per heavy atom. The summed E-state index contributed by atoms with van der Waals surface area (Å²) < 4.78 is 1.31. The topological polar surface area (TPSA) is 81.2 Å². The van der Waals surface area contributed by atoms with Crippen molar-refractivity contribution in [3.05, 3.63) is 21.0 Å². The van der Waals surface area contributed by atoms with Crippen LogP contribution in [0.25, 0.3) is 0 Å². The zero-order chi connectivity index (χ0) is 12.8. The smallest absolute Gasteiger partial charge is 0.329 e. The van der Waals surface area contributed by atoms with E-state index in [-0.39, 0.29) is 23.3 Å². The Hall–Kier alpha value is -1.14. The number of aromatic nitrogens is 2. The van der Waals surface area contributed by atoms with Crippen molar-refractivity contribution in [1.82, 2.24) is 9.78 Å². The quantitative estimate of drug-likeness (QED) is 0.663. The highest BCUT2D eigenvalue weighted by molar-refractivity contribution is 6.31. The number of nitrogens with zero attached hydrogens (tertiary/aromatic N) is 3. The van der Waals surface area contributed by atoms with Gasteiger partial charge in [-0.2, -0.15) is 5.10 Å². The molecule has 0 aliphatic heterocycles. The van der Waals surface area contributed by atoms with Gasteiger partial charge < -0.3 is 5.11 Å². The van der Waals surface area contributed by atoms with Crippen molar-refractivity contribution in [2.24, 2.45) is 0 Å². The predicted octanol–water partition coefficient (Wildman–Crippen LogP) is 2.09. The van der Waals surface area contributed by atoms with Gasteiger partial charge >= 0.3 is 5.69 Å². The molecular formula is C10H14ClN3O3. The van der Waals surface area contributed by atoms with E-state index in [1.165, 1.54) is 4.68 Å². The van der Waals surface area contributed by atoms with Crippen molar-refractivity contribution in [1.29, 1.82) is 0 Å². The summed E-state index contributed by atoms with van der Waals surface area (Å²) in [5, 5.41) is 24.8. The van der Waals surface area contributed by atoms with Gasteiger partial charge in [0.1, 0.15) is 5.69 Å². The van der Waals surface area contributed by atoms with Gasteiger partial charge in [-0.1, -0.05) is 11.6 Å². The second-order valence-electron chi connectivity index (χ2n) is 5.03. The van der Waals surface area contributed by atoms with Crippen LogP contribution in [0.4, 0.5) is 5.69 Å². The van der Waals surface area contributed by atoms with Crippen LogP contribution in [-0.4, -0.2) is 25.4 Å². The van der Waals surface area contributed by atoms with E-state index < -0.39 is 10.5 Å². The summed E-state index contributed by atoms with van der Waals surface area (Å²) in [6, 6.07) is 0. The van der Waals surface area contributed by atoms with Crippen LogP contribution in [-0.2, 0) is 6.54 Å². The van der Waals surface area contributed by atoms with E-state index in [1.54, 1.807) is 13.8 Å². The van der Waals surface area contributed by atoms with Gasteiger partial charge in [-0.05, 0) is 26.7 Å². The number of hydrogen-bond donors (Lipinski definition) is 1. The fraction of sp³-hybridized carbons (Fsp3) is 0.700. The molecule has 0 atom stereocenters. The highest BCUT2D eigenvalue weighted by Crippen LogP contribution is 2.45. The first-order chi connectivity index (χ1) is 7.79. The molecule has 94 valence electrons. The van der Waals surface area contributed by atoms with E-state index >= 15 is 0 Å². The van der Waals surface area contributed by atoms with Crippen molar-refractivity contribution in [3.63, 3.8) is 0 Å². The molecule has 0 aromatic carbocycles. The van der Waals surface area contributed by atoms with E-state index in [9.17, 15) is 15.2 Å².